The zero-order valence-corrected chi connectivity index (χ0v) is 7.86. The van der Waals surface area contributed by atoms with E-state index in [2.05, 4.69) is 30.4 Å². The van der Waals surface area contributed by atoms with Crippen LogP contribution in [0.1, 0.15) is 22.9 Å². The van der Waals surface area contributed by atoms with Crippen molar-refractivity contribution in [3.63, 3.8) is 0 Å². The van der Waals surface area contributed by atoms with Gasteiger partial charge in [-0.05, 0) is 30.5 Å². The van der Waals surface area contributed by atoms with Gasteiger partial charge in [-0.15, -0.1) is 11.6 Å². The first-order chi connectivity index (χ1) is 5.77. The van der Waals surface area contributed by atoms with Crippen molar-refractivity contribution in [3.05, 3.63) is 29.3 Å². The number of benzene rings is 1. The second kappa shape index (κ2) is 2.98. The topological polar surface area (TPSA) is 12.0 Å². The fraction of sp³-hybridized carbons (Fsp3) is 0.400. The van der Waals surface area contributed by atoms with Gasteiger partial charge in [0.2, 0.25) is 0 Å². The van der Waals surface area contributed by atoms with Crippen LogP contribution < -0.4 is 5.32 Å². The second-order valence-corrected chi connectivity index (χ2v) is 3.80. The van der Waals surface area contributed by atoms with Gasteiger partial charge in [0.05, 0.1) is 5.38 Å². The summed E-state index contributed by atoms with van der Waals surface area (Å²) in [4.78, 5) is 0. The van der Waals surface area contributed by atoms with E-state index < -0.39 is 0 Å². The van der Waals surface area contributed by atoms with Crippen LogP contribution in [-0.2, 0) is 0 Å². The molecule has 1 aromatic rings. The summed E-state index contributed by atoms with van der Waals surface area (Å²) in [7, 11) is 0. The third-order valence-electron chi connectivity index (χ3n) is 2.26. The third kappa shape index (κ3) is 1.29. The smallest absolute Gasteiger partial charge is 0.0622 e. The normalized spacial score (nSPS) is 21.3. The molecule has 0 saturated carbocycles. The Balaban J connectivity index is 2.46. The molecule has 0 fully saturated rings. The molecular formula is C10H12ClN. The van der Waals surface area contributed by atoms with Gasteiger partial charge in [-0.25, -0.2) is 0 Å². The van der Waals surface area contributed by atoms with E-state index in [1.807, 2.05) is 0 Å². The standard InChI is InChI=1S/C10H12ClN/c1-7-2-3-8-9(11)4-5-12-10(8)6-7/h2-3,6,9,12H,4-5H2,1H3. The Morgan fingerprint density at radius 1 is 1.50 bits per heavy atom. The van der Waals surface area contributed by atoms with Crippen molar-refractivity contribution >= 4 is 17.3 Å². The van der Waals surface area contributed by atoms with Crippen LogP contribution >= 0.6 is 11.6 Å². The Morgan fingerprint density at radius 2 is 2.33 bits per heavy atom. The average Bonchev–Trinajstić information content (AvgIpc) is 2.04. The van der Waals surface area contributed by atoms with Crippen molar-refractivity contribution in [3.8, 4) is 0 Å². The second-order valence-electron chi connectivity index (χ2n) is 3.27. The van der Waals surface area contributed by atoms with E-state index in [1.165, 1.54) is 16.8 Å². The molecule has 1 aliphatic rings. The van der Waals surface area contributed by atoms with Crippen molar-refractivity contribution in [2.45, 2.75) is 18.7 Å². The molecule has 1 nitrogen and oxygen atoms in total. The van der Waals surface area contributed by atoms with E-state index in [0.717, 1.165) is 13.0 Å². The quantitative estimate of drug-likeness (QED) is 0.607. The lowest BCUT2D eigenvalue weighted by atomic mass is 10.0. The maximum absolute atomic E-state index is 6.16. The molecule has 12 heavy (non-hydrogen) atoms. The minimum atomic E-state index is 0.196. The SMILES string of the molecule is Cc1ccc2c(c1)NCCC2Cl. The lowest BCUT2D eigenvalue weighted by molar-refractivity contribution is 0.801. The van der Waals surface area contributed by atoms with Crippen molar-refractivity contribution < 1.29 is 0 Å². The molecule has 1 N–H and O–H groups in total. The number of halogens is 1. The molecule has 1 atom stereocenters. The summed E-state index contributed by atoms with van der Waals surface area (Å²) in [6.45, 7) is 3.09. The zero-order valence-electron chi connectivity index (χ0n) is 7.10. The van der Waals surface area contributed by atoms with Crippen LogP contribution in [0.25, 0.3) is 0 Å². The summed E-state index contributed by atoms with van der Waals surface area (Å²) in [6.07, 6.45) is 1.03. The first-order valence-corrected chi connectivity index (χ1v) is 4.69. The van der Waals surface area contributed by atoms with E-state index in [-0.39, 0.29) is 5.38 Å². The van der Waals surface area contributed by atoms with Crippen molar-refractivity contribution in [2.75, 3.05) is 11.9 Å². The molecule has 0 radical (unpaired) electrons. The molecule has 64 valence electrons. The van der Waals surface area contributed by atoms with Gasteiger partial charge in [-0.2, -0.15) is 0 Å². The Morgan fingerprint density at radius 3 is 3.17 bits per heavy atom. The molecule has 0 saturated heterocycles. The third-order valence-corrected chi connectivity index (χ3v) is 2.71. The van der Waals surface area contributed by atoms with E-state index >= 15 is 0 Å². The lowest BCUT2D eigenvalue weighted by Crippen LogP contribution is -2.13. The number of hydrogen-bond acceptors (Lipinski definition) is 1. The number of aryl methyl sites for hydroxylation is 1. The first kappa shape index (κ1) is 7.93. The van der Waals surface area contributed by atoms with E-state index in [1.54, 1.807) is 0 Å². The summed E-state index contributed by atoms with van der Waals surface area (Å²) in [6, 6.07) is 6.39. The molecule has 0 bridgehead atoms. The van der Waals surface area contributed by atoms with Gasteiger partial charge >= 0.3 is 0 Å². The molecule has 1 aliphatic heterocycles. The molecule has 1 heterocycles. The predicted molar refractivity (Wildman–Crippen MR) is 52.9 cm³/mol. The van der Waals surface area contributed by atoms with E-state index in [0.29, 0.717) is 0 Å². The number of anilines is 1. The number of nitrogens with one attached hydrogen (secondary N) is 1. The van der Waals surface area contributed by atoms with Crippen molar-refractivity contribution in [1.82, 2.24) is 0 Å². The Labute approximate surface area is 77.7 Å². The average molecular weight is 182 g/mol. The maximum atomic E-state index is 6.16. The molecular weight excluding hydrogens is 170 g/mol. The summed E-state index contributed by atoms with van der Waals surface area (Å²) in [5.41, 5.74) is 3.74. The highest BCUT2D eigenvalue weighted by Gasteiger charge is 2.16. The van der Waals surface area contributed by atoms with Crippen LogP contribution in [0.5, 0.6) is 0 Å². The summed E-state index contributed by atoms with van der Waals surface area (Å²) < 4.78 is 0. The number of alkyl halides is 1. The minimum absolute atomic E-state index is 0.196. The minimum Gasteiger partial charge on any atom is -0.385 e. The van der Waals surface area contributed by atoms with Gasteiger partial charge in [0.15, 0.2) is 0 Å². The van der Waals surface area contributed by atoms with E-state index in [4.69, 9.17) is 11.6 Å². The first-order valence-electron chi connectivity index (χ1n) is 4.26. The molecule has 0 aromatic heterocycles. The van der Waals surface area contributed by atoms with Crippen molar-refractivity contribution in [1.29, 1.82) is 0 Å². The summed E-state index contributed by atoms with van der Waals surface area (Å²) in [5.74, 6) is 0. The highest BCUT2D eigenvalue weighted by atomic mass is 35.5. The van der Waals surface area contributed by atoms with Gasteiger partial charge in [-0.1, -0.05) is 12.1 Å². The van der Waals surface area contributed by atoms with Gasteiger partial charge in [0.1, 0.15) is 0 Å². The Bertz CT molecular complexity index is 296. The highest BCUT2D eigenvalue weighted by Crippen LogP contribution is 2.34. The lowest BCUT2D eigenvalue weighted by Gasteiger charge is -2.22. The molecule has 0 spiro atoms. The predicted octanol–water partition coefficient (Wildman–Crippen LogP) is 3.09. The molecule has 1 unspecified atom stereocenters. The largest absolute Gasteiger partial charge is 0.385 e. The van der Waals surface area contributed by atoms with Crippen LogP contribution in [0.15, 0.2) is 18.2 Å². The number of rotatable bonds is 0. The summed E-state index contributed by atoms with van der Waals surface area (Å²) in [5, 5.41) is 3.55. The van der Waals surface area contributed by atoms with Crippen LogP contribution in [-0.4, -0.2) is 6.54 Å². The van der Waals surface area contributed by atoms with Crippen LogP contribution in [0.3, 0.4) is 0 Å². The van der Waals surface area contributed by atoms with Gasteiger partial charge < -0.3 is 5.32 Å². The monoisotopic (exact) mass is 181 g/mol. The number of fused-ring (bicyclic) bond motifs is 1. The molecule has 1 aromatic carbocycles. The molecule has 0 aliphatic carbocycles. The fourth-order valence-corrected chi connectivity index (χ4v) is 1.88. The van der Waals surface area contributed by atoms with Gasteiger partial charge in [-0.3, -0.25) is 0 Å². The molecule has 2 heteroatoms. The highest BCUT2D eigenvalue weighted by molar-refractivity contribution is 6.21. The number of hydrogen-bond donors (Lipinski definition) is 1. The molecule has 0 amide bonds. The van der Waals surface area contributed by atoms with Gasteiger partial charge in [0, 0.05) is 12.2 Å². The van der Waals surface area contributed by atoms with Gasteiger partial charge in [0.25, 0.3) is 0 Å². The zero-order chi connectivity index (χ0) is 8.55. The summed E-state index contributed by atoms with van der Waals surface area (Å²) >= 11 is 6.16. The Hall–Kier alpha value is -0.690. The van der Waals surface area contributed by atoms with Crippen molar-refractivity contribution in [2.24, 2.45) is 0 Å². The fourth-order valence-electron chi connectivity index (χ4n) is 1.59. The Kier molecular flexibility index (Phi) is 1.97. The van der Waals surface area contributed by atoms with E-state index in [9.17, 15) is 0 Å². The van der Waals surface area contributed by atoms with Crippen LogP contribution in [0, 0.1) is 6.92 Å². The molecule has 2 rings (SSSR count). The maximum Gasteiger partial charge on any atom is 0.0622 e. The van der Waals surface area contributed by atoms with Crippen LogP contribution in [0.2, 0.25) is 0 Å². The van der Waals surface area contributed by atoms with Crippen LogP contribution in [0.4, 0.5) is 5.69 Å².